The molecule has 0 saturated carbocycles. The van der Waals surface area contributed by atoms with Gasteiger partial charge in [0.15, 0.2) is 0 Å². The van der Waals surface area contributed by atoms with E-state index in [0.29, 0.717) is 0 Å². The van der Waals surface area contributed by atoms with Gasteiger partial charge in [0.1, 0.15) is 5.60 Å². The van der Waals surface area contributed by atoms with Crippen molar-refractivity contribution in [2.24, 2.45) is 5.10 Å². The van der Waals surface area contributed by atoms with E-state index in [1.54, 1.807) is 27.0 Å². The first-order chi connectivity index (χ1) is 7.88. The Kier molecular flexibility index (Phi) is 4.69. The van der Waals surface area contributed by atoms with Crippen molar-refractivity contribution in [3.63, 3.8) is 0 Å². The molecule has 17 heavy (non-hydrogen) atoms. The van der Waals surface area contributed by atoms with Crippen LogP contribution in [0.2, 0.25) is 0 Å². The number of rotatable bonds is 2. The summed E-state index contributed by atoms with van der Waals surface area (Å²) in [5.74, 6) is 0. The molecular weight excluding hydrogens is 284 g/mol. The van der Waals surface area contributed by atoms with Crippen molar-refractivity contribution in [2.75, 3.05) is 0 Å². The molecule has 0 aromatic heterocycles. The molecule has 0 fully saturated rings. The average Bonchev–Trinajstić information content (AvgIpc) is 2.18. The zero-order chi connectivity index (χ0) is 12.9. The highest BCUT2D eigenvalue weighted by atomic mass is 79.9. The van der Waals surface area contributed by atoms with Crippen LogP contribution in [-0.2, 0) is 4.74 Å². The number of hydrazone groups is 1. The molecule has 0 aliphatic carbocycles. The second-order valence-electron chi connectivity index (χ2n) is 4.39. The van der Waals surface area contributed by atoms with Gasteiger partial charge in [-0.25, -0.2) is 10.2 Å². The van der Waals surface area contributed by atoms with Gasteiger partial charge in [0.05, 0.1) is 6.21 Å². The summed E-state index contributed by atoms with van der Waals surface area (Å²) in [7, 11) is 0. The van der Waals surface area contributed by atoms with Crippen molar-refractivity contribution in [1.82, 2.24) is 5.43 Å². The smallest absolute Gasteiger partial charge is 0.428 e. The molecule has 0 radical (unpaired) electrons. The highest BCUT2D eigenvalue weighted by Gasteiger charge is 2.15. The summed E-state index contributed by atoms with van der Waals surface area (Å²) in [4.78, 5) is 11.3. The number of amides is 1. The van der Waals surface area contributed by atoms with Crippen LogP contribution < -0.4 is 5.43 Å². The standard InChI is InChI=1S/C12H15BrN2O2/c1-12(2,3)17-11(16)15-14-8-9-6-4-5-7-10(9)13/h4-8H,1-3H3,(H,15,16)/b14-8-. The van der Waals surface area contributed by atoms with E-state index in [4.69, 9.17) is 4.74 Å². The molecule has 1 N–H and O–H groups in total. The van der Waals surface area contributed by atoms with Crippen LogP contribution in [0.4, 0.5) is 4.79 Å². The van der Waals surface area contributed by atoms with Crippen LogP contribution in [0.1, 0.15) is 26.3 Å². The minimum Gasteiger partial charge on any atom is -0.443 e. The van der Waals surface area contributed by atoms with Crippen molar-refractivity contribution >= 4 is 28.2 Å². The normalized spacial score (nSPS) is 11.5. The summed E-state index contributed by atoms with van der Waals surface area (Å²) in [6.45, 7) is 5.39. The Labute approximate surface area is 109 Å². The zero-order valence-electron chi connectivity index (χ0n) is 10.0. The predicted molar refractivity (Wildman–Crippen MR) is 71.1 cm³/mol. The monoisotopic (exact) mass is 298 g/mol. The SMILES string of the molecule is CC(C)(C)OC(=O)N/N=C\c1ccccc1Br. The number of halogens is 1. The maximum absolute atomic E-state index is 11.3. The Hall–Kier alpha value is -1.36. The van der Waals surface area contributed by atoms with Gasteiger partial charge in [0.2, 0.25) is 0 Å². The molecule has 5 heteroatoms. The van der Waals surface area contributed by atoms with Crippen LogP contribution in [0.3, 0.4) is 0 Å². The number of hydrogen-bond acceptors (Lipinski definition) is 3. The molecule has 0 heterocycles. The number of nitrogens with zero attached hydrogens (tertiary/aromatic N) is 1. The fourth-order valence-corrected chi connectivity index (χ4v) is 1.42. The first-order valence-electron chi connectivity index (χ1n) is 5.15. The quantitative estimate of drug-likeness (QED) is 0.673. The van der Waals surface area contributed by atoms with Crippen molar-refractivity contribution in [3.8, 4) is 0 Å². The second-order valence-corrected chi connectivity index (χ2v) is 5.25. The van der Waals surface area contributed by atoms with Crippen LogP contribution in [0.15, 0.2) is 33.8 Å². The topological polar surface area (TPSA) is 50.7 Å². The summed E-state index contributed by atoms with van der Waals surface area (Å²) in [5, 5.41) is 3.81. The molecule has 0 saturated heterocycles. The van der Waals surface area contributed by atoms with Crippen LogP contribution in [-0.4, -0.2) is 17.9 Å². The summed E-state index contributed by atoms with van der Waals surface area (Å²) in [5.41, 5.74) is 2.66. The van der Waals surface area contributed by atoms with E-state index in [1.807, 2.05) is 24.3 Å². The Morgan fingerprint density at radius 1 is 1.41 bits per heavy atom. The summed E-state index contributed by atoms with van der Waals surface area (Å²) < 4.78 is 5.94. The minimum absolute atomic E-state index is 0.521. The summed E-state index contributed by atoms with van der Waals surface area (Å²) in [6.07, 6.45) is 0.981. The lowest BCUT2D eigenvalue weighted by Crippen LogP contribution is -2.29. The predicted octanol–water partition coefficient (Wildman–Crippen LogP) is 3.31. The number of carbonyl (C=O) groups is 1. The number of ether oxygens (including phenoxy) is 1. The van der Waals surface area contributed by atoms with Gasteiger partial charge in [-0.05, 0) is 26.8 Å². The van der Waals surface area contributed by atoms with Crippen molar-refractivity contribution in [3.05, 3.63) is 34.3 Å². The van der Waals surface area contributed by atoms with E-state index >= 15 is 0 Å². The molecular formula is C12H15BrN2O2. The molecule has 1 amide bonds. The van der Waals surface area contributed by atoms with Crippen LogP contribution in [0, 0.1) is 0 Å². The van der Waals surface area contributed by atoms with E-state index in [-0.39, 0.29) is 0 Å². The largest absolute Gasteiger partial charge is 0.443 e. The van der Waals surface area contributed by atoms with E-state index in [1.165, 1.54) is 0 Å². The van der Waals surface area contributed by atoms with Gasteiger partial charge in [-0.15, -0.1) is 0 Å². The Morgan fingerprint density at radius 3 is 2.65 bits per heavy atom. The Bertz CT molecular complexity index is 425. The molecule has 0 atom stereocenters. The number of hydrogen-bond donors (Lipinski definition) is 1. The molecule has 0 unspecified atom stereocenters. The molecule has 1 aromatic rings. The van der Waals surface area contributed by atoms with Crippen molar-refractivity contribution in [1.29, 1.82) is 0 Å². The van der Waals surface area contributed by atoms with Crippen LogP contribution in [0.25, 0.3) is 0 Å². The van der Waals surface area contributed by atoms with Gasteiger partial charge < -0.3 is 4.74 Å². The molecule has 92 valence electrons. The fraction of sp³-hybridized carbons (Fsp3) is 0.333. The van der Waals surface area contributed by atoms with Crippen LogP contribution in [0.5, 0.6) is 0 Å². The molecule has 0 spiro atoms. The number of nitrogens with one attached hydrogen (secondary N) is 1. The fourth-order valence-electron chi connectivity index (χ4n) is 1.04. The number of benzene rings is 1. The lowest BCUT2D eigenvalue weighted by molar-refractivity contribution is 0.0529. The Morgan fingerprint density at radius 2 is 2.06 bits per heavy atom. The molecule has 0 aliphatic rings. The lowest BCUT2D eigenvalue weighted by atomic mass is 10.2. The van der Waals surface area contributed by atoms with Gasteiger partial charge >= 0.3 is 6.09 Å². The first kappa shape index (κ1) is 13.7. The molecule has 0 bridgehead atoms. The van der Waals surface area contributed by atoms with Crippen molar-refractivity contribution < 1.29 is 9.53 Å². The maximum atomic E-state index is 11.3. The van der Waals surface area contributed by atoms with E-state index in [9.17, 15) is 4.79 Å². The van der Waals surface area contributed by atoms with Gasteiger partial charge in [-0.2, -0.15) is 5.10 Å². The minimum atomic E-state index is -0.569. The van der Waals surface area contributed by atoms with Gasteiger partial charge in [-0.3, -0.25) is 0 Å². The molecule has 0 aliphatic heterocycles. The Balaban J connectivity index is 2.51. The third-order valence-electron chi connectivity index (χ3n) is 1.66. The molecule has 1 rings (SSSR count). The second kappa shape index (κ2) is 5.82. The van der Waals surface area contributed by atoms with Gasteiger partial charge in [0, 0.05) is 10.0 Å². The summed E-state index contributed by atoms with van der Waals surface area (Å²) >= 11 is 3.38. The third kappa shape index (κ3) is 5.49. The maximum Gasteiger partial charge on any atom is 0.428 e. The number of carbonyl (C=O) groups excluding carboxylic acids is 1. The zero-order valence-corrected chi connectivity index (χ0v) is 11.6. The molecule has 4 nitrogen and oxygen atoms in total. The average molecular weight is 299 g/mol. The van der Waals surface area contributed by atoms with E-state index < -0.39 is 11.7 Å². The molecule has 1 aromatic carbocycles. The first-order valence-corrected chi connectivity index (χ1v) is 5.94. The third-order valence-corrected chi connectivity index (χ3v) is 2.39. The highest BCUT2D eigenvalue weighted by Crippen LogP contribution is 2.13. The van der Waals surface area contributed by atoms with Crippen LogP contribution >= 0.6 is 15.9 Å². The highest BCUT2D eigenvalue weighted by molar-refractivity contribution is 9.10. The van der Waals surface area contributed by atoms with E-state index in [0.717, 1.165) is 10.0 Å². The lowest BCUT2D eigenvalue weighted by Gasteiger charge is -2.18. The van der Waals surface area contributed by atoms with E-state index in [2.05, 4.69) is 26.5 Å². The summed E-state index contributed by atoms with van der Waals surface area (Å²) in [6, 6.07) is 7.57. The van der Waals surface area contributed by atoms with Gasteiger partial charge in [-0.1, -0.05) is 34.1 Å². The van der Waals surface area contributed by atoms with Crippen molar-refractivity contribution in [2.45, 2.75) is 26.4 Å². The van der Waals surface area contributed by atoms with Gasteiger partial charge in [0.25, 0.3) is 0 Å².